The fourth-order valence-electron chi connectivity index (χ4n) is 8.59. The van der Waals surface area contributed by atoms with Crippen molar-refractivity contribution in [2.75, 3.05) is 0 Å². The maximum atomic E-state index is 6.61. The zero-order valence-corrected chi connectivity index (χ0v) is 27.8. The molecule has 0 fully saturated rings. The van der Waals surface area contributed by atoms with Crippen LogP contribution < -0.4 is 0 Å². The summed E-state index contributed by atoms with van der Waals surface area (Å²) in [4.78, 5) is 0. The Bertz CT molecular complexity index is 2980. The molecule has 0 N–H and O–H groups in total. The molecule has 1 aliphatic rings. The van der Waals surface area contributed by atoms with Crippen LogP contribution in [0.25, 0.3) is 83.2 Å². The van der Waals surface area contributed by atoms with E-state index in [0.29, 0.717) is 5.92 Å². The van der Waals surface area contributed by atoms with Crippen LogP contribution in [0.1, 0.15) is 22.8 Å². The molecule has 11 rings (SSSR count). The standard InChI is InChI=1S/C48H32N2O/c1-4-13-31(14-5-1)33-17-12-20-36(27-33)50-41-22-11-10-21-37(41)38-29-39-44(30-43(38)50)49(35-18-8-3-9-19-35)42-24-26-46-48(47(39)42)40-28-34(23-25-45(40)51-46)32-15-6-2-7-16-32/h1-27,29-30,34H,28H2. The van der Waals surface area contributed by atoms with Gasteiger partial charge in [0.15, 0.2) is 0 Å². The van der Waals surface area contributed by atoms with Gasteiger partial charge in [-0.3, -0.25) is 0 Å². The minimum absolute atomic E-state index is 0.300. The minimum atomic E-state index is 0.300. The van der Waals surface area contributed by atoms with Crippen LogP contribution in [0.5, 0.6) is 0 Å². The van der Waals surface area contributed by atoms with Crippen LogP contribution in [0.3, 0.4) is 0 Å². The molecule has 0 amide bonds. The number of nitrogens with zero attached hydrogens (tertiary/aromatic N) is 2. The van der Waals surface area contributed by atoms with Gasteiger partial charge in [0, 0.05) is 49.8 Å². The predicted octanol–water partition coefficient (Wildman–Crippen LogP) is 12.6. The second-order valence-corrected chi connectivity index (χ2v) is 13.7. The van der Waals surface area contributed by atoms with Crippen molar-refractivity contribution in [3.63, 3.8) is 0 Å². The van der Waals surface area contributed by atoms with E-state index in [1.54, 1.807) is 0 Å². The Kier molecular flexibility index (Phi) is 6.08. The van der Waals surface area contributed by atoms with Gasteiger partial charge in [-0.25, -0.2) is 0 Å². The maximum Gasteiger partial charge on any atom is 0.135 e. The van der Waals surface area contributed by atoms with E-state index >= 15 is 0 Å². The predicted molar refractivity (Wildman–Crippen MR) is 212 cm³/mol. The molecule has 0 spiro atoms. The zero-order chi connectivity index (χ0) is 33.5. The highest BCUT2D eigenvalue weighted by Crippen LogP contribution is 2.46. The third kappa shape index (κ3) is 4.25. The fourth-order valence-corrected chi connectivity index (χ4v) is 8.59. The van der Waals surface area contributed by atoms with Crippen LogP contribution in [0.4, 0.5) is 0 Å². The minimum Gasteiger partial charge on any atom is -0.456 e. The van der Waals surface area contributed by atoms with Gasteiger partial charge in [0.05, 0.1) is 22.1 Å². The molecule has 1 atom stereocenters. The lowest BCUT2D eigenvalue weighted by atomic mass is 9.86. The Labute approximate surface area is 294 Å². The van der Waals surface area contributed by atoms with E-state index in [9.17, 15) is 0 Å². The first-order chi connectivity index (χ1) is 25.3. The average molecular weight is 653 g/mol. The topological polar surface area (TPSA) is 23.0 Å². The second-order valence-electron chi connectivity index (χ2n) is 13.7. The number of hydrogen-bond acceptors (Lipinski definition) is 1. The number of aromatic nitrogens is 2. The fraction of sp³-hybridized carbons (Fsp3) is 0.0417. The molecule has 0 radical (unpaired) electrons. The Balaban J connectivity index is 1.24. The number of furan rings is 1. The number of para-hydroxylation sites is 2. The quantitative estimate of drug-likeness (QED) is 0.186. The monoisotopic (exact) mass is 652 g/mol. The Hall–Kier alpha value is -6.58. The normalized spacial score (nSPS) is 14.3. The lowest BCUT2D eigenvalue weighted by Gasteiger charge is -2.17. The third-order valence-corrected chi connectivity index (χ3v) is 10.9. The van der Waals surface area contributed by atoms with Gasteiger partial charge in [0.1, 0.15) is 11.3 Å². The molecule has 3 heterocycles. The number of rotatable bonds is 4. The first-order valence-corrected chi connectivity index (χ1v) is 17.7. The number of allylic oxidation sites excluding steroid dienone is 1. The van der Waals surface area contributed by atoms with Crippen LogP contribution in [-0.4, -0.2) is 9.13 Å². The molecular formula is C48H32N2O. The van der Waals surface area contributed by atoms with Gasteiger partial charge < -0.3 is 13.6 Å². The molecule has 10 aromatic rings. The van der Waals surface area contributed by atoms with E-state index < -0.39 is 0 Å². The molecular weight excluding hydrogens is 621 g/mol. The molecule has 1 aliphatic carbocycles. The van der Waals surface area contributed by atoms with Crippen molar-refractivity contribution < 1.29 is 4.42 Å². The summed E-state index contributed by atoms with van der Waals surface area (Å²) in [5.41, 5.74) is 13.0. The van der Waals surface area contributed by atoms with Crippen molar-refractivity contribution >= 4 is 60.7 Å². The van der Waals surface area contributed by atoms with Crippen molar-refractivity contribution in [3.05, 3.63) is 187 Å². The zero-order valence-electron chi connectivity index (χ0n) is 27.8. The average Bonchev–Trinajstić information content (AvgIpc) is 3.85. The summed E-state index contributed by atoms with van der Waals surface area (Å²) in [6.07, 6.45) is 5.39. The molecule has 3 nitrogen and oxygen atoms in total. The Morgan fingerprint density at radius 2 is 1.16 bits per heavy atom. The second kappa shape index (κ2) is 11.0. The molecule has 1 unspecified atom stereocenters. The summed E-state index contributed by atoms with van der Waals surface area (Å²) in [6.45, 7) is 0. The molecule has 3 heteroatoms. The van der Waals surface area contributed by atoms with Gasteiger partial charge in [0.2, 0.25) is 0 Å². The lowest BCUT2D eigenvalue weighted by Crippen LogP contribution is -2.04. The first kappa shape index (κ1) is 28.3. The van der Waals surface area contributed by atoms with Crippen LogP contribution in [-0.2, 0) is 6.42 Å². The van der Waals surface area contributed by atoms with Crippen LogP contribution in [0.2, 0.25) is 0 Å². The van der Waals surface area contributed by atoms with Gasteiger partial charge >= 0.3 is 0 Å². The molecule has 0 saturated carbocycles. The summed E-state index contributed by atoms with van der Waals surface area (Å²) in [5.74, 6) is 1.27. The summed E-state index contributed by atoms with van der Waals surface area (Å²) < 4.78 is 11.5. The molecule has 51 heavy (non-hydrogen) atoms. The lowest BCUT2D eigenvalue weighted by molar-refractivity contribution is 0.592. The van der Waals surface area contributed by atoms with Crippen molar-refractivity contribution in [3.8, 4) is 22.5 Å². The maximum absolute atomic E-state index is 6.61. The summed E-state index contributed by atoms with van der Waals surface area (Å²) in [5, 5.41) is 6.21. The largest absolute Gasteiger partial charge is 0.456 e. The van der Waals surface area contributed by atoms with Gasteiger partial charge in [-0.05, 0) is 83.8 Å². The van der Waals surface area contributed by atoms with Crippen LogP contribution in [0, 0.1) is 0 Å². The van der Waals surface area contributed by atoms with E-state index in [2.05, 4.69) is 185 Å². The van der Waals surface area contributed by atoms with Crippen molar-refractivity contribution in [2.24, 2.45) is 0 Å². The van der Waals surface area contributed by atoms with E-state index in [4.69, 9.17) is 4.42 Å². The molecule has 240 valence electrons. The Morgan fingerprint density at radius 1 is 0.471 bits per heavy atom. The summed E-state index contributed by atoms with van der Waals surface area (Å²) in [6, 6.07) is 59.3. The molecule has 0 saturated heterocycles. The smallest absolute Gasteiger partial charge is 0.135 e. The highest BCUT2D eigenvalue weighted by Gasteiger charge is 2.26. The molecule has 7 aromatic carbocycles. The molecule has 0 aliphatic heterocycles. The first-order valence-electron chi connectivity index (χ1n) is 17.7. The van der Waals surface area contributed by atoms with E-state index in [-0.39, 0.29) is 0 Å². The van der Waals surface area contributed by atoms with Gasteiger partial charge in [-0.1, -0.05) is 115 Å². The van der Waals surface area contributed by atoms with Crippen LogP contribution >= 0.6 is 0 Å². The van der Waals surface area contributed by atoms with Gasteiger partial charge in [0.25, 0.3) is 0 Å². The highest BCUT2D eigenvalue weighted by atomic mass is 16.3. The number of hydrogen-bond donors (Lipinski definition) is 0. The van der Waals surface area contributed by atoms with Crippen molar-refractivity contribution in [2.45, 2.75) is 12.3 Å². The third-order valence-electron chi connectivity index (χ3n) is 10.9. The van der Waals surface area contributed by atoms with E-state index in [1.807, 2.05) is 0 Å². The summed E-state index contributed by atoms with van der Waals surface area (Å²) in [7, 11) is 0. The summed E-state index contributed by atoms with van der Waals surface area (Å²) >= 11 is 0. The molecule has 3 aromatic heterocycles. The molecule has 0 bridgehead atoms. The SMILES string of the molecule is C1=CC(c2ccccc2)Cc2c1oc1ccc3c(c4cc5c6ccccc6n(-c6cccc(-c7ccccc7)c6)c5cc4n3-c3ccccc3)c21. The highest BCUT2D eigenvalue weighted by molar-refractivity contribution is 6.25. The number of fused-ring (bicyclic) bond motifs is 10. The number of benzene rings is 7. The van der Waals surface area contributed by atoms with Crippen LogP contribution in [0.15, 0.2) is 174 Å². The van der Waals surface area contributed by atoms with Gasteiger partial charge in [-0.15, -0.1) is 0 Å². The van der Waals surface area contributed by atoms with E-state index in [1.165, 1.54) is 71.3 Å². The van der Waals surface area contributed by atoms with E-state index in [0.717, 1.165) is 29.1 Å². The Morgan fingerprint density at radius 3 is 2.00 bits per heavy atom. The van der Waals surface area contributed by atoms with Crippen molar-refractivity contribution in [1.29, 1.82) is 0 Å². The van der Waals surface area contributed by atoms with Crippen molar-refractivity contribution in [1.82, 2.24) is 9.13 Å². The van der Waals surface area contributed by atoms with Gasteiger partial charge in [-0.2, -0.15) is 0 Å².